The number of ether oxygens (including phenoxy) is 4. The van der Waals surface area contributed by atoms with E-state index in [9.17, 15) is 43.2 Å². The first-order chi connectivity index (χ1) is 45.7. The van der Waals surface area contributed by atoms with Gasteiger partial charge in [-0.05, 0) is 77.0 Å². The van der Waals surface area contributed by atoms with Crippen LogP contribution in [0.5, 0.6) is 0 Å². The number of allylic oxidation sites excluding steroid dienone is 6. The summed E-state index contributed by atoms with van der Waals surface area (Å²) in [5.74, 6) is -2.16. The molecule has 5 unspecified atom stereocenters. The summed E-state index contributed by atoms with van der Waals surface area (Å²) in [6.07, 6.45) is 62.7. The third-order valence-corrected chi connectivity index (χ3v) is 18.5. The zero-order valence-electron chi connectivity index (χ0n) is 60.2. The number of rotatable bonds is 73. The molecular formula is C75H140O17P2. The second-order valence-electron chi connectivity index (χ2n) is 26.0. The summed E-state index contributed by atoms with van der Waals surface area (Å²) in [4.78, 5) is 72.7. The van der Waals surface area contributed by atoms with Gasteiger partial charge < -0.3 is 33.8 Å². The van der Waals surface area contributed by atoms with Gasteiger partial charge in [0.05, 0.1) is 26.4 Å². The Hall–Kier alpha value is -2.72. The Morgan fingerprint density at radius 1 is 0.298 bits per heavy atom. The van der Waals surface area contributed by atoms with Crippen molar-refractivity contribution in [3.8, 4) is 0 Å². The number of aliphatic hydroxyl groups excluding tert-OH is 1. The maximum absolute atomic E-state index is 13.1. The molecule has 0 rings (SSSR count). The third-order valence-electron chi connectivity index (χ3n) is 16.6. The lowest BCUT2D eigenvalue weighted by atomic mass is 10.0. The van der Waals surface area contributed by atoms with Gasteiger partial charge in [0.2, 0.25) is 0 Å². The molecular weight excluding hydrogens is 1230 g/mol. The number of carbonyl (C=O) groups excluding carboxylic acids is 4. The van der Waals surface area contributed by atoms with Gasteiger partial charge in [0.1, 0.15) is 19.3 Å². The zero-order valence-corrected chi connectivity index (χ0v) is 61.9. The highest BCUT2D eigenvalue weighted by Crippen LogP contribution is 2.45. The van der Waals surface area contributed by atoms with E-state index < -0.39 is 97.5 Å². The number of hydrogen-bond acceptors (Lipinski definition) is 15. The van der Waals surface area contributed by atoms with Gasteiger partial charge >= 0.3 is 39.5 Å². The van der Waals surface area contributed by atoms with Crippen LogP contribution < -0.4 is 0 Å². The van der Waals surface area contributed by atoms with Crippen molar-refractivity contribution in [2.24, 2.45) is 0 Å². The molecule has 0 aliphatic rings. The minimum atomic E-state index is -4.96. The molecule has 17 nitrogen and oxygen atoms in total. The molecule has 0 amide bonds. The topological polar surface area (TPSA) is 237 Å². The van der Waals surface area contributed by atoms with Crippen molar-refractivity contribution in [2.45, 2.75) is 380 Å². The normalized spacial score (nSPS) is 14.2. The molecule has 0 spiro atoms. The molecule has 0 fully saturated rings. The molecule has 0 radical (unpaired) electrons. The van der Waals surface area contributed by atoms with E-state index >= 15 is 0 Å². The monoisotopic (exact) mass is 1370 g/mol. The largest absolute Gasteiger partial charge is 0.472 e. The molecule has 94 heavy (non-hydrogen) atoms. The van der Waals surface area contributed by atoms with Crippen molar-refractivity contribution in [2.75, 3.05) is 39.6 Å². The van der Waals surface area contributed by atoms with Gasteiger partial charge in [-0.25, -0.2) is 9.13 Å². The first kappa shape index (κ1) is 91.3. The van der Waals surface area contributed by atoms with Crippen LogP contribution in [-0.2, 0) is 65.4 Å². The van der Waals surface area contributed by atoms with Gasteiger partial charge in [0, 0.05) is 25.7 Å². The number of carbonyl (C=O) groups is 4. The minimum absolute atomic E-state index is 0.100. The molecule has 0 aliphatic heterocycles. The average molecular weight is 1380 g/mol. The number of esters is 4. The second-order valence-corrected chi connectivity index (χ2v) is 28.9. The van der Waals surface area contributed by atoms with Crippen LogP contribution in [0.4, 0.5) is 0 Å². The van der Waals surface area contributed by atoms with Gasteiger partial charge in [-0.3, -0.25) is 37.3 Å². The second kappa shape index (κ2) is 68.8. The number of phosphoric acid groups is 2. The lowest BCUT2D eigenvalue weighted by Gasteiger charge is -2.21. The maximum Gasteiger partial charge on any atom is 0.472 e. The van der Waals surface area contributed by atoms with Crippen LogP contribution >= 0.6 is 15.6 Å². The average Bonchev–Trinajstić information content (AvgIpc) is 2.45. The minimum Gasteiger partial charge on any atom is -0.462 e. The first-order valence-corrected chi connectivity index (χ1v) is 41.2. The fraction of sp³-hybridized carbons (Fsp3) is 0.867. The molecule has 5 atom stereocenters. The van der Waals surface area contributed by atoms with Gasteiger partial charge in [-0.1, -0.05) is 295 Å². The Morgan fingerprint density at radius 2 is 0.543 bits per heavy atom. The summed E-state index contributed by atoms with van der Waals surface area (Å²) in [7, 11) is -9.92. The molecule has 0 bridgehead atoms. The van der Waals surface area contributed by atoms with E-state index in [0.29, 0.717) is 25.7 Å². The molecule has 552 valence electrons. The van der Waals surface area contributed by atoms with E-state index in [1.807, 2.05) is 0 Å². The summed E-state index contributed by atoms with van der Waals surface area (Å²) < 4.78 is 68.4. The molecule has 0 saturated heterocycles. The van der Waals surface area contributed by atoms with E-state index in [-0.39, 0.29) is 25.7 Å². The predicted octanol–water partition coefficient (Wildman–Crippen LogP) is 21.6. The summed E-state index contributed by atoms with van der Waals surface area (Å²) in [6, 6.07) is 0. The molecule has 3 N–H and O–H groups in total. The van der Waals surface area contributed by atoms with Crippen molar-refractivity contribution < 1.29 is 80.2 Å². The molecule has 0 aromatic heterocycles. The number of aliphatic hydroxyl groups is 1. The molecule has 0 saturated carbocycles. The Labute approximate surface area is 573 Å². The number of hydrogen-bond donors (Lipinski definition) is 3. The molecule has 0 aromatic rings. The van der Waals surface area contributed by atoms with E-state index in [4.69, 9.17) is 37.0 Å². The van der Waals surface area contributed by atoms with Crippen molar-refractivity contribution in [1.29, 1.82) is 0 Å². The lowest BCUT2D eigenvalue weighted by Crippen LogP contribution is -2.30. The van der Waals surface area contributed by atoms with Crippen LogP contribution in [-0.4, -0.2) is 96.7 Å². The molecule has 0 heterocycles. The van der Waals surface area contributed by atoms with Gasteiger partial charge in [0.25, 0.3) is 0 Å². The third kappa shape index (κ3) is 67.8. The predicted molar refractivity (Wildman–Crippen MR) is 381 cm³/mol. The first-order valence-electron chi connectivity index (χ1n) is 38.2. The fourth-order valence-electron chi connectivity index (χ4n) is 10.7. The zero-order chi connectivity index (χ0) is 69.0. The highest BCUT2D eigenvalue weighted by atomic mass is 31.2. The SMILES string of the molecule is CCC/C=C\C/C=C\CCCCCCCC(=O)OCC(COP(=O)(O)OCC(O)COP(=O)(O)OCC(COC(=O)CCCCCCC/C=C\CCCCCCCC)OC(=O)CCCCCCCCCCCCCCC)OC(=O)CCCCCCCCCCCCCCC. The van der Waals surface area contributed by atoms with Crippen molar-refractivity contribution >= 4 is 39.5 Å². The summed E-state index contributed by atoms with van der Waals surface area (Å²) in [5, 5.41) is 10.6. The fourth-order valence-corrected chi connectivity index (χ4v) is 12.3. The van der Waals surface area contributed by atoms with E-state index in [0.717, 1.165) is 141 Å². The number of phosphoric ester groups is 2. The van der Waals surface area contributed by atoms with Crippen molar-refractivity contribution in [1.82, 2.24) is 0 Å². The number of unbranched alkanes of at least 4 members (excludes halogenated alkanes) is 41. The van der Waals surface area contributed by atoms with Gasteiger partial charge in [0.15, 0.2) is 12.2 Å². The highest BCUT2D eigenvalue weighted by Gasteiger charge is 2.30. The Kier molecular flexibility index (Phi) is 66.8. The molecule has 0 aromatic carbocycles. The summed E-state index contributed by atoms with van der Waals surface area (Å²) >= 11 is 0. The van der Waals surface area contributed by atoms with Crippen molar-refractivity contribution in [3.05, 3.63) is 36.5 Å². The standard InChI is InChI=1S/C75H140O17P2/c1-5-9-13-17-21-25-29-33-34-38-40-44-48-52-56-60-73(78)86-66-71(92-75(80)62-58-54-50-46-42-37-32-28-24-20-16-12-8-4)68-90-94(83,84)88-64-69(76)63-87-93(81,82)89-67-70(91-74(79)61-57-53-49-45-41-36-31-27-23-19-15-11-7-3)65-85-72(77)59-55-51-47-43-39-35-30-26-22-18-14-10-6-2/h14,18,26,30,33-34,69-71,76H,5-13,15-17,19-25,27-29,31-32,35-68H2,1-4H3,(H,81,82)(H,83,84)/b18-14-,30-26-,34-33-. The molecule has 0 aliphatic carbocycles. The van der Waals surface area contributed by atoms with E-state index in [2.05, 4.69) is 64.2 Å². The van der Waals surface area contributed by atoms with Crippen LogP contribution in [0.25, 0.3) is 0 Å². The summed E-state index contributed by atoms with van der Waals surface area (Å²) in [6.45, 7) is 4.85. The Morgan fingerprint density at radius 3 is 0.840 bits per heavy atom. The lowest BCUT2D eigenvalue weighted by molar-refractivity contribution is -0.161. The van der Waals surface area contributed by atoms with Crippen LogP contribution in [0.1, 0.15) is 362 Å². The van der Waals surface area contributed by atoms with Gasteiger partial charge in [-0.2, -0.15) is 0 Å². The quantitative estimate of drug-likeness (QED) is 0.0169. The van der Waals surface area contributed by atoms with E-state index in [1.165, 1.54) is 141 Å². The summed E-state index contributed by atoms with van der Waals surface area (Å²) in [5.41, 5.74) is 0. The van der Waals surface area contributed by atoms with Crippen LogP contribution in [0, 0.1) is 0 Å². The van der Waals surface area contributed by atoms with Gasteiger partial charge in [-0.15, -0.1) is 0 Å². The molecule has 19 heteroatoms. The smallest absolute Gasteiger partial charge is 0.462 e. The Balaban J connectivity index is 5.30. The Bertz CT molecular complexity index is 1930. The van der Waals surface area contributed by atoms with Crippen LogP contribution in [0.2, 0.25) is 0 Å². The van der Waals surface area contributed by atoms with Crippen LogP contribution in [0.3, 0.4) is 0 Å². The highest BCUT2D eigenvalue weighted by molar-refractivity contribution is 7.47. The van der Waals surface area contributed by atoms with Crippen LogP contribution in [0.15, 0.2) is 36.5 Å². The maximum atomic E-state index is 13.1. The van der Waals surface area contributed by atoms with E-state index in [1.54, 1.807) is 0 Å². The van der Waals surface area contributed by atoms with Crippen molar-refractivity contribution in [3.63, 3.8) is 0 Å².